The molecule has 14 nitrogen and oxygen atoms in total. The van der Waals surface area contributed by atoms with E-state index in [1.54, 1.807) is 30.6 Å². The van der Waals surface area contributed by atoms with Crippen LogP contribution < -0.4 is 16.1 Å². The number of alkyl carbamates (subject to hydrolysis) is 1. The van der Waals surface area contributed by atoms with Crippen LogP contribution in [0.2, 0.25) is 0 Å². The molecule has 290 valence electrons. The van der Waals surface area contributed by atoms with Gasteiger partial charge in [-0.25, -0.2) is 14.6 Å². The first-order valence-corrected chi connectivity index (χ1v) is 18.2. The number of nitrogens with zero attached hydrogens (tertiary/aromatic N) is 5. The molecule has 0 saturated carbocycles. The van der Waals surface area contributed by atoms with E-state index in [4.69, 9.17) is 9.47 Å². The van der Waals surface area contributed by atoms with E-state index in [9.17, 15) is 19.5 Å². The lowest BCUT2D eigenvalue weighted by Crippen LogP contribution is -2.57. The molecule has 0 spiro atoms. The first-order valence-electron chi connectivity index (χ1n) is 18.2. The van der Waals surface area contributed by atoms with E-state index in [1.165, 1.54) is 7.11 Å². The number of aromatic nitrogens is 4. The maximum Gasteiger partial charge on any atom is 0.422 e. The van der Waals surface area contributed by atoms with Gasteiger partial charge in [-0.2, -0.15) is 4.80 Å². The lowest BCUT2D eigenvalue weighted by atomic mass is 9.95. The Hall–Kier alpha value is -5.34. The second-order valence-electron chi connectivity index (χ2n) is 14.9. The van der Waals surface area contributed by atoms with Crippen molar-refractivity contribution >= 4 is 18.1 Å². The molecule has 4 rings (SSSR count). The number of carbonyl (C=O) groups excluding carboxylic acids is 3. The number of hydrogen-bond acceptors (Lipinski definition) is 10. The maximum atomic E-state index is 13.7. The van der Waals surface area contributed by atoms with Gasteiger partial charge in [0.2, 0.25) is 11.7 Å². The average Bonchev–Trinajstić information content (AvgIpc) is 3.65. The number of methoxy groups -OCH3 is 1. The van der Waals surface area contributed by atoms with Crippen molar-refractivity contribution in [2.24, 2.45) is 5.92 Å². The molecule has 4 N–H and O–H groups in total. The Bertz CT molecular complexity index is 1790. The van der Waals surface area contributed by atoms with Crippen LogP contribution >= 0.6 is 0 Å². The third-order valence-corrected chi connectivity index (χ3v) is 9.08. The Labute approximate surface area is 317 Å². The fourth-order valence-corrected chi connectivity index (χ4v) is 5.75. The molecule has 4 atom stereocenters. The average molecular weight is 743 g/mol. The molecular formula is C40H54N8O6. The van der Waals surface area contributed by atoms with Crippen molar-refractivity contribution in [1.82, 2.24) is 41.3 Å². The van der Waals surface area contributed by atoms with Crippen LogP contribution in [-0.2, 0) is 32.8 Å². The third kappa shape index (κ3) is 11.8. The minimum Gasteiger partial charge on any atom is -0.453 e. The first kappa shape index (κ1) is 41.4. The van der Waals surface area contributed by atoms with Crippen LogP contribution in [0.4, 0.5) is 9.59 Å². The SMILES string of the molecule is CC[C@H](C)[C@H](NC(=O)OC)C(=O)N[C@@H](Cc1ccccc1)[C@@H](O)CN(Cc1ccc(-c2nnn(C(C)(C)c3ccccc3)n2)cc1)NC(=O)OC(C)(C)C. The summed E-state index contributed by atoms with van der Waals surface area (Å²) in [6, 6.07) is 25.2. The lowest BCUT2D eigenvalue weighted by molar-refractivity contribution is -0.126. The van der Waals surface area contributed by atoms with Gasteiger partial charge in [0.05, 0.1) is 19.3 Å². The van der Waals surface area contributed by atoms with E-state index in [2.05, 4.69) is 31.5 Å². The second kappa shape index (κ2) is 18.6. The number of rotatable bonds is 16. The standard InChI is InChI=1S/C40H54N8O6/c1-9-27(2)34(42-37(51)53-8)36(50)41-32(24-28-16-12-10-13-17-28)33(49)26-47(45-38(52)54-39(3,4)5)25-29-20-22-30(23-21-29)35-43-46-48(44-35)40(6,7)31-18-14-11-15-19-31/h10-23,27,32-34,49H,9,24-26H2,1-8H3,(H,41,50)(H,42,51)(H,45,52)/t27-,32-,33-,34-/m0/s1. The smallest absolute Gasteiger partial charge is 0.422 e. The van der Waals surface area contributed by atoms with Gasteiger partial charge in [0.15, 0.2) is 0 Å². The van der Waals surface area contributed by atoms with Crippen LogP contribution in [0.25, 0.3) is 11.4 Å². The van der Waals surface area contributed by atoms with Crippen molar-refractivity contribution in [2.75, 3.05) is 13.7 Å². The number of nitrogens with one attached hydrogen (secondary N) is 3. The zero-order chi connectivity index (χ0) is 39.5. The van der Waals surface area contributed by atoms with Gasteiger partial charge in [0, 0.05) is 18.7 Å². The summed E-state index contributed by atoms with van der Waals surface area (Å²) in [5.41, 5.74) is 4.97. The van der Waals surface area contributed by atoms with Crippen LogP contribution in [0, 0.1) is 5.92 Å². The summed E-state index contributed by atoms with van der Waals surface area (Å²) < 4.78 is 10.3. The minimum absolute atomic E-state index is 0.0817. The number of aliphatic hydroxyl groups excluding tert-OH is 1. The molecular weight excluding hydrogens is 688 g/mol. The molecule has 0 aliphatic rings. The van der Waals surface area contributed by atoms with Crippen molar-refractivity contribution in [3.05, 3.63) is 102 Å². The summed E-state index contributed by atoms with van der Waals surface area (Å²) in [5.74, 6) is -0.224. The predicted octanol–water partition coefficient (Wildman–Crippen LogP) is 5.22. The highest BCUT2D eigenvalue weighted by atomic mass is 16.6. The van der Waals surface area contributed by atoms with Gasteiger partial charge in [-0.1, -0.05) is 105 Å². The number of aliphatic hydroxyl groups is 1. The zero-order valence-corrected chi connectivity index (χ0v) is 32.4. The number of hydrazine groups is 1. The van der Waals surface area contributed by atoms with Crippen molar-refractivity contribution < 1.29 is 29.0 Å². The highest BCUT2D eigenvalue weighted by molar-refractivity contribution is 5.86. The van der Waals surface area contributed by atoms with Crippen LogP contribution in [0.3, 0.4) is 0 Å². The van der Waals surface area contributed by atoms with Crippen molar-refractivity contribution in [1.29, 1.82) is 0 Å². The van der Waals surface area contributed by atoms with E-state index in [1.807, 2.05) is 113 Å². The summed E-state index contributed by atoms with van der Waals surface area (Å²) >= 11 is 0. The van der Waals surface area contributed by atoms with Gasteiger partial charge in [-0.05, 0) is 68.9 Å². The van der Waals surface area contributed by atoms with Crippen molar-refractivity contribution in [2.45, 2.75) is 97.2 Å². The number of carbonyl (C=O) groups is 3. The molecule has 1 aromatic heterocycles. The van der Waals surface area contributed by atoms with Gasteiger partial charge >= 0.3 is 12.2 Å². The largest absolute Gasteiger partial charge is 0.453 e. The quantitative estimate of drug-likeness (QED) is 0.112. The molecule has 0 radical (unpaired) electrons. The maximum absolute atomic E-state index is 13.7. The summed E-state index contributed by atoms with van der Waals surface area (Å²) in [5, 5.41) is 32.2. The summed E-state index contributed by atoms with van der Waals surface area (Å²) in [6.07, 6.45) is -1.71. The van der Waals surface area contributed by atoms with Crippen molar-refractivity contribution in [3.8, 4) is 11.4 Å². The first-order chi connectivity index (χ1) is 25.6. The topological polar surface area (TPSA) is 173 Å². The molecule has 1 heterocycles. The van der Waals surface area contributed by atoms with E-state index < -0.39 is 47.4 Å². The van der Waals surface area contributed by atoms with Crippen LogP contribution in [0.15, 0.2) is 84.9 Å². The molecule has 54 heavy (non-hydrogen) atoms. The van der Waals surface area contributed by atoms with Gasteiger partial charge < -0.3 is 25.2 Å². The number of tetrazole rings is 1. The molecule has 14 heteroatoms. The predicted molar refractivity (Wildman–Crippen MR) is 205 cm³/mol. The lowest BCUT2D eigenvalue weighted by Gasteiger charge is -2.32. The summed E-state index contributed by atoms with van der Waals surface area (Å²) in [6.45, 7) is 13.2. The summed E-state index contributed by atoms with van der Waals surface area (Å²) in [4.78, 5) is 40.4. The normalized spacial score (nSPS) is 14.0. The molecule has 0 aliphatic carbocycles. The molecule has 4 aromatic rings. The molecule has 0 fully saturated rings. The molecule has 3 amide bonds. The monoisotopic (exact) mass is 742 g/mol. The van der Waals surface area contributed by atoms with Gasteiger partial charge in [0.25, 0.3) is 0 Å². The van der Waals surface area contributed by atoms with E-state index in [0.29, 0.717) is 12.2 Å². The summed E-state index contributed by atoms with van der Waals surface area (Å²) in [7, 11) is 1.23. The Morgan fingerprint density at radius 3 is 2.09 bits per heavy atom. The molecule has 0 aliphatic heterocycles. The fraction of sp³-hybridized carbons (Fsp3) is 0.450. The fourth-order valence-electron chi connectivity index (χ4n) is 5.75. The molecule has 0 saturated heterocycles. The molecule has 0 unspecified atom stereocenters. The minimum atomic E-state index is -1.17. The number of benzene rings is 3. The second-order valence-corrected chi connectivity index (χ2v) is 14.9. The van der Waals surface area contributed by atoms with E-state index in [-0.39, 0.29) is 25.4 Å². The van der Waals surface area contributed by atoms with E-state index in [0.717, 1.165) is 22.3 Å². The van der Waals surface area contributed by atoms with Crippen LogP contribution in [0.5, 0.6) is 0 Å². The highest BCUT2D eigenvalue weighted by Gasteiger charge is 2.32. The van der Waals surface area contributed by atoms with Gasteiger partial charge in [-0.3, -0.25) is 10.2 Å². The van der Waals surface area contributed by atoms with Crippen LogP contribution in [-0.4, -0.2) is 85.9 Å². The Balaban J connectivity index is 1.56. The Kier molecular flexibility index (Phi) is 14.3. The zero-order valence-electron chi connectivity index (χ0n) is 32.4. The van der Waals surface area contributed by atoms with Gasteiger partial charge in [0.1, 0.15) is 17.2 Å². The van der Waals surface area contributed by atoms with Crippen molar-refractivity contribution in [3.63, 3.8) is 0 Å². The van der Waals surface area contributed by atoms with Crippen LogP contribution in [0.1, 0.15) is 71.6 Å². The Morgan fingerprint density at radius 2 is 1.50 bits per heavy atom. The highest BCUT2D eigenvalue weighted by Crippen LogP contribution is 2.25. The number of ether oxygens (including phenoxy) is 2. The number of hydrogen-bond donors (Lipinski definition) is 4. The molecule has 0 bridgehead atoms. The molecule has 3 aromatic carbocycles. The van der Waals surface area contributed by atoms with Gasteiger partial charge in [-0.15, -0.1) is 10.2 Å². The number of amides is 3. The van der Waals surface area contributed by atoms with E-state index >= 15 is 0 Å². The third-order valence-electron chi connectivity index (χ3n) is 9.08. The Morgan fingerprint density at radius 1 is 0.870 bits per heavy atom.